The summed E-state index contributed by atoms with van der Waals surface area (Å²) in [6.07, 6.45) is -3.14. The molecule has 13 heteroatoms. The zero-order valence-electron chi connectivity index (χ0n) is 16.3. The fourth-order valence-corrected chi connectivity index (χ4v) is 4.40. The Morgan fingerprint density at radius 2 is 1.90 bits per heavy atom. The van der Waals surface area contributed by atoms with Crippen molar-refractivity contribution in [2.45, 2.75) is 31.8 Å². The molecule has 0 saturated carbocycles. The molecule has 0 aliphatic carbocycles. The number of nitrogens with one attached hydrogen (secondary N) is 2. The van der Waals surface area contributed by atoms with Crippen LogP contribution in [0.2, 0.25) is 0 Å². The molecule has 9 nitrogen and oxygen atoms in total. The van der Waals surface area contributed by atoms with Crippen molar-refractivity contribution < 1.29 is 31.1 Å². The Kier molecular flexibility index (Phi) is 5.80. The number of likely N-dealkylation sites (N-methyl/N-ethyl adjacent to an activating group) is 1. The van der Waals surface area contributed by atoms with Gasteiger partial charge in [-0.05, 0) is 37.6 Å². The second kappa shape index (κ2) is 7.89. The van der Waals surface area contributed by atoms with Crippen molar-refractivity contribution >= 4 is 21.8 Å². The van der Waals surface area contributed by atoms with Crippen LogP contribution in [-0.4, -0.2) is 47.9 Å². The third kappa shape index (κ3) is 4.74. The maximum Gasteiger partial charge on any atom is 0.573 e. The van der Waals surface area contributed by atoms with E-state index in [9.17, 15) is 26.4 Å². The zero-order chi connectivity index (χ0) is 22.3. The molecule has 0 unspecified atom stereocenters. The normalized spacial score (nSPS) is 21.9. The number of aromatic nitrogens is 2. The molecule has 2 aromatic rings. The van der Waals surface area contributed by atoms with E-state index in [2.05, 4.69) is 19.9 Å². The number of benzene rings is 1. The summed E-state index contributed by atoms with van der Waals surface area (Å²) >= 11 is 0. The maximum atomic E-state index is 12.8. The van der Waals surface area contributed by atoms with Crippen LogP contribution in [-0.2, 0) is 22.1 Å². The summed E-state index contributed by atoms with van der Waals surface area (Å²) in [7, 11) is -0.941. The van der Waals surface area contributed by atoms with Gasteiger partial charge in [0.25, 0.3) is 10.2 Å². The van der Waals surface area contributed by atoms with Gasteiger partial charge in [0.15, 0.2) is 0 Å². The average Bonchev–Trinajstić information content (AvgIpc) is 2.96. The number of aryl methyl sites for hydroxylation is 1. The van der Waals surface area contributed by atoms with Crippen LogP contribution in [0.3, 0.4) is 0 Å². The van der Waals surface area contributed by atoms with Crippen LogP contribution < -0.4 is 14.8 Å². The Hall–Kier alpha value is -2.64. The molecule has 1 amide bonds. The van der Waals surface area contributed by atoms with Crippen molar-refractivity contribution in [2.24, 2.45) is 7.05 Å². The number of amides is 1. The lowest BCUT2D eigenvalue weighted by atomic mass is 10.00. The molecule has 0 radical (unpaired) electrons. The summed E-state index contributed by atoms with van der Waals surface area (Å²) < 4.78 is 70.6. The Morgan fingerprint density at radius 3 is 2.43 bits per heavy atom. The second-order valence-electron chi connectivity index (χ2n) is 6.81. The van der Waals surface area contributed by atoms with Gasteiger partial charge in [-0.3, -0.25) is 9.48 Å². The van der Waals surface area contributed by atoms with Crippen molar-refractivity contribution in [2.75, 3.05) is 12.4 Å². The van der Waals surface area contributed by atoms with Crippen LogP contribution in [0.15, 0.2) is 30.5 Å². The molecular formula is C17H20F3N5O4S. The minimum absolute atomic E-state index is 0.142. The van der Waals surface area contributed by atoms with Gasteiger partial charge in [0, 0.05) is 31.0 Å². The molecule has 1 aromatic carbocycles. The highest BCUT2D eigenvalue weighted by Gasteiger charge is 2.41. The number of carbonyl (C=O) groups excluding carboxylic acids is 1. The van der Waals surface area contributed by atoms with Crippen molar-refractivity contribution in [1.29, 1.82) is 0 Å². The topological polar surface area (TPSA) is 106 Å². The lowest BCUT2D eigenvalue weighted by Crippen LogP contribution is -2.56. The summed E-state index contributed by atoms with van der Waals surface area (Å²) in [5.74, 6) is -1.05. The van der Waals surface area contributed by atoms with E-state index in [0.717, 1.165) is 22.1 Å². The van der Waals surface area contributed by atoms with Gasteiger partial charge in [-0.1, -0.05) is 0 Å². The fourth-order valence-electron chi connectivity index (χ4n) is 3.14. The van der Waals surface area contributed by atoms with E-state index < -0.39 is 40.3 Å². The number of carbonyl (C=O) groups is 1. The molecule has 1 saturated heterocycles. The molecule has 1 aromatic heterocycles. The Balaban J connectivity index is 1.77. The predicted octanol–water partition coefficient (Wildman–Crippen LogP) is 1.85. The lowest BCUT2D eigenvalue weighted by Gasteiger charge is -2.36. The van der Waals surface area contributed by atoms with E-state index in [1.807, 2.05) is 0 Å². The average molecular weight is 447 g/mol. The van der Waals surface area contributed by atoms with E-state index >= 15 is 0 Å². The molecule has 2 heterocycles. The molecular weight excluding hydrogens is 427 g/mol. The second-order valence-corrected chi connectivity index (χ2v) is 8.58. The Morgan fingerprint density at radius 1 is 1.27 bits per heavy atom. The SMILES string of the molecule is Cc1c([C@H]2C[C@@H](C(=O)Nc3ccc(OC(F)(F)F)cc3)N(C)S(=O)(=O)N2)cnn1C. The molecule has 0 spiro atoms. The lowest BCUT2D eigenvalue weighted by molar-refractivity contribution is -0.274. The first-order valence-electron chi connectivity index (χ1n) is 8.78. The highest BCUT2D eigenvalue weighted by molar-refractivity contribution is 7.87. The quantitative estimate of drug-likeness (QED) is 0.744. The number of nitrogens with zero attached hydrogens (tertiary/aromatic N) is 3. The van der Waals surface area contributed by atoms with E-state index in [4.69, 9.17) is 0 Å². The van der Waals surface area contributed by atoms with Crippen LogP contribution in [0.4, 0.5) is 18.9 Å². The Bertz CT molecular complexity index is 1040. The van der Waals surface area contributed by atoms with Crippen LogP contribution in [0.1, 0.15) is 23.7 Å². The van der Waals surface area contributed by atoms with Crippen molar-refractivity contribution in [1.82, 2.24) is 18.8 Å². The summed E-state index contributed by atoms with van der Waals surface area (Å²) in [6.45, 7) is 1.79. The number of hydrogen-bond donors (Lipinski definition) is 2. The molecule has 2 N–H and O–H groups in total. The summed E-state index contributed by atoms with van der Waals surface area (Å²) in [6, 6.07) is 2.88. The van der Waals surface area contributed by atoms with Gasteiger partial charge in [0.05, 0.1) is 12.2 Å². The van der Waals surface area contributed by atoms with Gasteiger partial charge >= 0.3 is 6.36 Å². The number of alkyl halides is 3. The van der Waals surface area contributed by atoms with E-state index in [0.29, 0.717) is 5.56 Å². The molecule has 1 fully saturated rings. The van der Waals surface area contributed by atoms with Gasteiger partial charge < -0.3 is 10.1 Å². The van der Waals surface area contributed by atoms with Gasteiger partial charge in [0.1, 0.15) is 11.8 Å². The van der Waals surface area contributed by atoms with Gasteiger partial charge in [-0.2, -0.15) is 22.5 Å². The maximum absolute atomic E-state index is 12.8. The molecule has 3 rings (SSSR count). The highest BCUT2D eigenvalue weighted by Crippen LogP contribution is 2.30. The molecule has 1 aliphatic rings. The summed E-state index contributed by atoms with van der Waals surface area (Å²) in [4.78, 5) is 12.8. The minimum Gasteiger partial charge on any atom is -0.406 e. The van der Waals surface area contributed by atoms with Crippen molar-refractivity contribution in [3.05, 3.63) is 41.7 Å². The first-order valence-corrected chi connectivity index (χ1v) is 10.2. The number of halogens is 3. The number of anilines is 1. The first-order chi connectivity index (χ1) is 13.9. The van der Waals surface area contributed by atoms with Crippen LogP contribution in [0.25, 0.3) is 0 Å². The zero-order valence-corrected chi connectivity index (χ0v) is 17.1. The third-order valence-electron chi connectivity index (χ3n) is 4.87. The smallest absolute Gasteiger partial charge is 0.406 e. The Labute approximate surface area is 171 Å². The van der Waals surface area contributed by atoms with Crippen molar-refractivity contribution in [3.63, 3.8) is 0 Å². The number of rotatable bonds is 4. The fraction of sp³-hybridized carbons (Fsp3) is 0.412. The summed E-state index contributed by atoms with van der Waals surface area (Å²) in [5, 5.41) is 6.64. The van der Waals surface area contributed by atoms with E-state index in [1.54, 1.807) is 24.9 Å². The molecule has 30 heavy (non-hydrogen) atoms. The predicted molar refractivity (Wildman–Crippen MR) is 101 cm³/mol. The molecule has 2 atom stereocenters. The number of ether oxygens (including phenoxy) is 1. The van der Waals surface area contributed by atoms with Crippen molar-refractivity contribution in [3.8, 4) is 5.75 Å². The standard InChI is InChI=1S/C17H20F3N5O4S/c1-10-13(9-21-24(10)2)14-8-15(25(3)30(27,28)23-14)16(26)22-11-4-6-12(7-5-11)29-17(18,19)20/h4-7,9,14-15,23H,8H2,1-3H3,(H,22,26)/t14-,15+/m1/s1. The van der Waals surface area contributed by atoms with E-state index in [1.165, 1.54) is 19.2 Å². The molecule has 164 valence electrons. The molecule has 0 bridgehead atoms. The van der Waals surface area contributed by atoms with E-state index in [-0.39, 0.29) is 12.1 Å². The van der Waals surface area contributed by atoms with Gasteiger partial charge in [-0.25, -0.2) is 0 Å². The van der Waals surface area contributed by atoms with Gasteiger partial charge in [0.2, 0.25) is 5.91 Å². The minimum atomic E-state index is -4.82. The molecule has 1 aliphatic heterocycles. The largest absolute Gasteiger partial charge is 0.573 e. The summed E-state index contributed by atoms with van der Waals surface area (Å²) in [5.41, 5.74) is 1.61. The number of hydrogen-bond acceptors (Lipinski definition) is 5. The van der Waals surface area contributed by atoms with Crippen LogP contribution in [0, 0.1) is 6.92 Å². The third-order valence-corrected chi connectivity index (χ3v) is 6.47. The van der Waals surface area contributed by atoms with Gasteiger partial charge in [-0.15, -0.1) is 13.2 Å². The van der Waals surface area contributed by atoms with Crippen LogP contribution >= 0.6 is 0 Å². The highest BCUT2D eigenvalue weighted by atomic mass is 32.2. The first kappa shape index (κ1) is 22.1. The monoisotopic (exact) mass is 447 g/mol. The van der Waals surface area contributed by atoms with Crippen LogP contribution in [0.5, 0.6) is 5.75 Å².